The number of hydrogen-bond acceptors (Lipinski definition) is 4. The molecule has 0 aliphatic carbocycles. The van der Waals surface area contributed by atoms with Crippen LogP contribution in [0, 0.1) is 0 Å². The van der Waals surface area contributed by atoms with Crippen LogP contribution < -0.4 is 4.74 Å². The maximum atomic E-state index is 12.2. The van der Waals surface area contributed by atoms with Crippen LogP contribution in [0.4, 0.5) is 0 Å². The SMILES string of the molecule is CCN(C)C(=O)c1csc(-c2ccc(OCc3ccc(Cl)cc3Cl)cc2)n1. The molecule has 3 aromatic rings. The van der Waals surface area contributed by atoms with Crippen LogP contribution in [0.15, 0.2) is 47.8 Å². The Morgan fingerprint density at radius 3 is 2.59 bits per heavy atom. The van der Waals surface area contributed by atoms with Gasteiger partial charge in [0, 0.05) is 40.1 Å². The van der Waals surface area contributed by atoms with E-state index in [0.717, 1.165) is 21.9 Å². The zero-order chi connectivity index (χ0) is 19.4. The van der Waals surface area contributed by atoms with Crippen molar-refractivity contribution in [3.05, 3.63) is 69.1 Å². The van der Waals surface area contributed by atoms with E-state index in [2.05, 4.69) is 4.98 Å². The van der Waals surface area contributed by atoms with Gasteiger partial charge < -0.3 is 9.64 Å². The summed E-state index contributed by atoms with van der Waals surface area (Å²) in [5.41, 5.74) is 2.28. The lowest BCUT2D eigenvalue weighted by Crippen LogP contribution is -2.26. The van der Waals surface area contributed by atoms with Crippen molar-refractivity contribution in [2.24, 2.45) is 0 Å². The highest BCUT2D eigenvalue weighted by molar-refractivity contribution is 7.13. The number of rotatable bonds is 6. The Kier molecular flexibility index (Phi) is 6.37. The molecular formula is C20H18Cl2N2O2S. The van der Waals surface area contributed by atoms with Crippen LogP contribution in [0.2, 0.25) is 10.0 Å². The van der Waals surface area contributed by atoms with Crippen molar-refractivity contribution in [1.82, 2.24) is 9.88 Å². The number of benzene rings is 2. The van der Waals surface area contributed by atoms with Gasteiger partial charge in [0.1, 0.15) is 23.1 Å². The van der Waals surface area contributed by atoms with Crippen LogP contribution in [-0.2, 0) is 6.61 Å². The maximum absolute atomic E-state index is 12.2. The molecule has 0 spiro atoms. The van der Waals surface area contributed by atoms with Crippen molar-refractivity contribution in [1.29, 1.82) is 0 Å². The lowest BCUT2D eigenvalue weighted by molar-refractivity contribution is 0.0797. The minimum atomic E-state index is -0.0696. The molecule has 0 saturated heterocycles. The van der Waals surface area contributed by atoms with Crippen molar-refractivity contribution < 1.29 is 9.53 Å². The fraction of sp³-hybridized carbons (Fsp3) is 0.200. The Balaban J connectivity index is 1.67. The van der Waals surface area contributed by atoms with E-state index in [-0.39, 0.29) is 5.91 Å². The van der Waals surface area contributed by atoms with E-state index in [1.54, 1.807) is 29.5 Å². The van der Waals surface area contributed by atoms with E-state index in [0.29, 0.717) is 28.9 Å². The van der Waals surface area contributed by atoms with E-state index in [1.807, 2.05) is 37.3 Å². The number of aromatic nitrogens is 1. The molecule has 3 rings (SSSR count). The van der Waals surface area contributed by atoms with Gasteiger partial charge in [-0.05, 0) is 43.3 Å². The molecule has 7 heteroatoms. The molecular weight excluding hydrogens is 403 g/mol. The highest BCUT2D eigenvalue weighted by Crippen LogP contribution is 2.27. The van der Waals surface area contributed by atoms with Crippen LogP contribution in [0.3, 0.4) is 0 Å². The number of carbonyl (C=O) groups excluding carboxylic acids is 1. The Hall–Kier alpha value is -2.08. The van der Waals surface area contributed by atoms with E-state index < -0.39 is 0 Å². The van der Waals surface area contributed by atoms with Gasteiger partial charge in [-0.1, -0.05) is 29.3 Å². The molecule has 0 aliphatic heterocycles. The summed E-state index contributed by atoms with van der Waals surface area (Å²) in [5, 5.41) is 3.77. The second kappa shape index (κ2) is 8.74. The van der Waals surface area contributed by atoms with E-state index in [1.165, 1.54) is 11.3 Å². The van der Waals surface area contributed by atoms with Gasteiger partial charge in [0.2, 0.25) is 0 Å². The molecule has 0 saturated carbocycles. The highest BCUT2D eigenvalue weighted by Gasteiger charge is 2.15. The molecule has 1 aromatic heterocycles. The van der Waals surface area contributed by atoms with Gasteiger partial charge in [0.05, 0.1) is 0 Å². The first kappa shape index (κ1) is 19.7. The Morgan fingerprint density at radius 1 is 1.19 bits per heavy atom. The normalized spacial score (nSPS) is 10.7. The number of halogens is 2. The molecule has 0 radical (unpaired) electrons. The first-order valence-corrected chi connectivity index (χ1v) is 9.99. The van der Waals surface area contributed by atoms with Crippen LogP contribution in [0.5, 0.6) is 5.75 Å². The minimum absolute atomic E-state index is 0.0696. The second-order valence-electron chi connectivity index (χ2n) is 5.91. The van der Waals surface area contributed by atoms with Crippen LogP contribution in [0.25, 0.3) is 10.6 Å². The molecule has 0 bridgehead atoms. The lowest BCUT2D eigenvalue weighted by atomic mass is 10.2. The average Bonchev–Trinajstić information content (AvgIpc) is 3.16. The molecule has 1 heterocycles. The summed E-state index contributed by atoms with van der Waals surface area (Å²) in [6.45, 7) is 2.94. The van der Waals surface area contributed by atoms with Crippen LogP contribution in [-0.4, -0.2) is 29.4 Å². The first-order chi connectivity index (χ1) is 13.0. The summed E-state index contributed by atoms with van der Waals surface area (Å²) in [6, 6.07) is 12.9. The minimum Gasteiger partial charge on any atom is -0.489 e. The number of ether oxygens (including phenoxy) is 1. The number of carbonyl (C=O) groups is 1. The smallest absolute Gasteiger partial charge is 0.273 e. The molecule has 2 aromatic carbocycles. The summed E-state index contributed by atoms with van der Waals surface area (Å²) >= 11 is 13.5. The summed E-state index contributed by atoms with van der Waals surface area (Å²) < 4.78 is 5.79. The summed E-state index contributed by atoms with van der Waals surface area (Å²) in [4.78, 5) is 18.3. The number of amides is 1. The molecule has 0 unspecified atom stereocenters. The molecule has 0 atom stereocenters. The zero-order valence-electron chi connectivity index (χ0n) is 14.9. The standard InChI is InChI=1S/C20H18Cl2N2O2S/c1-3-24(2)20(25)18-12-27-19(23-18)13-5-8-16(9-6-13)26-11-14-4-7-15(21)10-17(14)22/h4-10,12H,3,11H2,1-2H3. The van der Waals surface area contributed by atoms with E-state index >= 15 is 0 Å². The van der Waals surface area contributed by atoms with Crippen molar-refractivity contribution in [3.8, 4) is 16.3 Å². The molecule has 1 amide bonds. The third-order valence-electron chi connectivity index (χ3n) is 4.06. The molecule has 27 heavy (non-hydrogen) atoms. The summed E-state index contributed by atoms with van der Waals surface area (Å²) in [6.07, 6.45) is 0. The third kappa shape index (κ3) is 4.80. The number of thiazole rings is 1. The monoisotopic (exact) mass is 420 g/mol. The van der Waals surface area contributed by atoms with Gasteiger partial charge in [-0.15, -0.1) is 11.3 Å². The number of hydrogen-bond donors (Lipinski definition) is 0. The Labute approximate surface area is 172 Å². The van der Waals surface area contributed by atoms with Crippen LogP contribution >= 0.6 is 34.5 Å². The van der Waals surface area contributed by atoms with Gasteiger partial charge in [0.25, 0.3) is 5.91 Å². The summed E-state index contributed by atoms with van der Waals surface area (Å²) in [5.74, 6) is 0.656. The van der Waals surface area contributed by atoms with Gasteiger partial charge in [-0.2, -0.15) is 0 Å². The van der Waals surface area contributed by atoms with E-state index in [9.17, 15) is 4.79 Å². The quantitative estimate of drug-likeness (QED) is 0.506. The fourth-order valence-corrected chi connectivity index (χ4v) is 3.60. The third-order valence-corrected chi connectivity index (χ3v) is 5.53. The van der Waals surface area contributed by atoms with Gasteiger partial charge in [-0.3, -0.25) is 4.79 Å². The van der Waals surface area contributed by atoms with Gasteiger partial charge >= 0.3 is 0 Å². The molecule has 0 N–H and O–H groups in total. The zero-order valence-corrected chi connectivity index (χ0v) is 17.2. The van der Waals surface area contributed by atoms with E-state index in [4.69, 9.17) is 27.9 Å². The van der Waals surface area contributed by atoms with Crippen molar-refractivity contribution in [3.63, 3.8) is 0 Å². The Bertz CT molecular complexity index is 941. The fourth-order valence-electron chi connectivity index (χ4n) is 2.34. The molecule has 0 fully saturated rings. The second-order valence-corrected chi connectivity index (χ2v) is 7.61. The van der Waals surface area contributed by atoms with Crippen LogP contribution in [0.1, 0.15) is 23.0 Å². The van der Waals surface area contributed by atoms with Crippen molar-refractivity contribution in [2.75, 3.05) is 13.6 Å². The maximum Gasteiger partial charge on any atom is 0.273 e. The topological polar surface area (TPSA) is 42.4 Å². The lowest BCUT2D eigenvalue weighted by Gasteiger charge is -2.11. The predicted molar refractivity (Wildman–Crippen MR) is 111 cm³/mol. The number of nitrogens with zero attached hydrogens (tertiary/aromatic N) is 2. The Morgan fingerprint density at radius 2 is 1.93 bits per heavy atom. The molecule has 0 aliphatic rings. The predicted octanol–water partition coefficient (Wildman–Crippen LogP) is 5.79. The largest absolute Gasteiger partial charge is 0.489 e. The van der Waals surface area contributed by atoms with Crippen molar-refractivity contribution >= 4 is 40.4 Å². The average molecular weight is 421 g/mol. The highest BCUT2D eigenvalue weighted by atomic mass is 35.5. The molecule has 4 nitrogen and oxygen atoms in total. The summed E-state index contributed by atoms with van der Waals surface area (Å²) in [7, 11) is 1.76. The molecule has 140 valence electrons. The van der Waals surface area contributed by atoms with Gasteiger partial charge in [-0.25, -0.2) is 4.98 Å². The van der Waals surface area contributed by atoms with Gasteiger partial charge in [0.15, 0.2) is 0 Å². The first-order valence-electron chi connectivity index (χ1n) is 8.36. The van der Waals surface area contributed by atoms with Crippen molar-refractivity contribution in [2.45, 2.75) is 13.5 Å².